The van der Waals surface area contributed by atoms with Gasteiger partial charge in [0.2, 0.25) is 0 Å². The van der Waals surface area contributed by atoms with Crippen LogP contribution in [0.3, 0.4) is 0 Å². The first-order valence-corrected chi connectivity index (χ1v) is 7.83. The third-order valence-corrected chi connectivity index (χ3v) is 4.25. The fraction of sp³-hybridized carbons (Fsp3) is 0.150. The standard InChI is InChI=1S/C20H17F2NO3/c1-23-11-16(15-10-13(20(24)26-3)6-9-17(15)23)18(19(21)22)12-4-7-14(25-2)8-5-12/h4-11H,1-3H3. The van der Waals surface area contributed by atoms with Gasteiger partial charge in [-0.2, -0.15) is 8.78 Å². The quantitative estimate of drug-likeness (QED) is 0.639. The molecule has 0 aliphatic carbocycles. The summed E-state index contributed by atoms with van der Waals surface area (Å²) < 4.78 is 39.3. The number of ether oxygens (including phenoxy) is 2. The molecule has 0 saturated carbocycles. The van der Waals surface area contributed by atoms with Gasteiger partial charge in [-0.1, -0.05) is 12.1 Å². The number of halogens is 2. The molecule has 0 aliphatic heterocycles. The van der Waals surface area contributed by atoms with Gasteiger partial charge < -0.3 is 14.0 Å². The van der Waals surface area contributed by atoms with E-state index in [-0.39, 0.29) is 5.57 Å². The molecule has 0 saturated heterocycles. The van der Waals surface area contributed by atoms with E-state index in [0.717, 1.165) is 5.52 Å². The van der Waals surface area contributed by atoms with Crippen molar-refractivity contribution >= 4 is 22.4 Å². The van der Waals surface area contributed by atoms with E-state index in [9.17, 15) is 13.6 Å². The Bertz CT molecular complexity index is 1000. The van der Waals surface area contributed by atoms with Crippen LogP contribution in [0.5, 0.6) is 5.75 Å². The lowest BCUT2D eigenvalue weighted by Crippen LogP contribution is -2.00. The van der Waals surface area contributed by atoms with Crippen molar-refractivity contribution in [3.8, 4) is 5.75 Å². The molecule has 1 heterocycles. The average Bonchev–Trinajstić information content (AvgIpc) is 2.97. The number of rotatable bonds is 4. The second-order valence-electron chi connectivity index (χ2n) is 5.74. The van der Waals surface area contributed by atoms with Crippen molar-refractivity contribution in [2.75, 3.05) is 14.2 Å². The molecule has 0 bridgehead atoms. The molecular weight excluding hydrogens is 340 g/mol. The molecule has 6 heteroatoms. The van der Waals surface area contributed by atoms with Crippen molar-refractivity contribution < 1.29 is 23.0 Å². The van der Waals surface area contributed by atoms with Crippen LogP contribution in [0.25, 0.3) is 16.5 Å². The third-order valence-electron chi connectivity index (χ3n) is 4.25. The van der Waals surface area contributed by atoms with Gasteiger partial charge in [-0.15, -0.1) is 0 Å². The molecule has 0 atom stereocenters. The molecule has 0 spiro atoms. The smallest absolute Gasteiger partial charge is 0.337 e. The van der Waals surface area contributed by atoms with Crippen LogP contribution in [0.4, 0.5) is 8.78 Å². The molecule has 0 N–H and O–H groups in total. The number of carbonyl (C=O) groups excluding carboxylic acids is 1. The van der Waals surface area contributed by atoms with Crippen molar-refractivity contribution in [2.24, 2.45) is 7.05 Å². The van der Waals surface area contributed by atoms with Crippen LogP contribution >= 0.6 is 0 Å². The van der Waals surface area contributed by atoms with E-state index in [4.69, 9.17) is 9.47 Å². The number of aromatic nitrogens is 1. The fourth-order valence-electron chi connectivity index (χ4n) is 2.96. The topological polar surface area (TPSA) is 40.5 Å². The van der Waals surface area contributed by atoms with Crippen LogP contribution in [0.2, 0.25) is 0 Å². The number of hydrogen-bond acceptors (Lipinski definition) is 3. The normalized spacial score (nSPS) is 10.7. The maximum absolute atomic E-state index is 13.9. The molecule has 0 radical (unpaired) electrons. The SMILES string of the molecule is COC(=O)c1ccc2c(c1)c(C(=C(F)F)c1ccc(OC)cc1)cn2C. The van der Waals surface area contributed by atoms with Gasteiger partial charge in [-0.3, -0.25) is 0 Å². The minimum Gasteiger partial charge on any atom is -0.497 e. The maximum atomic E-state index is 13.9. The van der Waals surface area contributed by atoms with Crippen LogP contribution < -0.4 is 4.74 Å². The molecular formula is C20H17F2NO3. The Morgan fingerprint density at radius 3 is 2.23 bits per heavy atom. The molecule has 2 aromatic carbocycles. The largest absolute Gasteiger partial charge is 0.497 e. The minimum absolute atomic E-state index is 0.180. The zero-order valence-corrected chi connectivity index (χ0v) is 14.5. The lowest BCUT2D eigenvalue weighted by molar-refractivity contribution is 0.0601. The van der Waals surface area contributed by atoms with Crippen molar-refractivity contribution in [3.63, 3.8) is 0 Å². The number of aryl methyl sites for hydroxylation is 1. The Hall–Kier alpha value is -3.15. The highest BCUT2D eigenvalue weighted by Gasteiger charge is 2.19. The van der Waals surface area contributed by atoms with Gasteiger partial charge in [0.25, 0.3) is 6.08 Å². The molecule has 3 aromatic rings. The lowest BCUT2D eigenvalue weighted by atomic mass is 9.97. The van der Waals surface area contributed by atoms with E-state index in [1.807, 2.05) is 0 Å². The molecule has 0 fully saturated rings. The summed E-state index contributed by atoms with van der Waals surface area (Å²) in [5, 5.41) is 0.550. The van der Waals surface area contributed by atoms with Gasteiger partial charge in [0.05, 0.1) is 25.4 Å². The number of hydrogen-bond donors (Lipinski definition) is 0. The minimum atomic E-state index is -1.80. The van der Waals surface area contributed by atoms with Gasteiger partial charge in [0, 0.05) is 29.7 Å². The second kappa shape index (κ2) is 7.00. The van der Waals surface area contributed by atoms with Crippen molar-refractivity contribution in [1.29, 1.82) is 0 Å². The first-order valence-electron chi connectivity index (χ1n) is 7.83. The van der Waals surface area contributed by atoms with Crippen LogP contribution in [0.15, 0.2) is 54.7 Å². The van der Waals surface area contributed by atoms with Gasteiger partial charge in [-0.25, -0.2) is 4.79 Å². The molecule has 0 aliphatic rings. The van der Waals surface area contributed by atoms with Crippen LogP contribution in [0, 0.1) is 0 Å². The van der Waals surface area contributed by atoms with Crippen molar-refractivity contribution in [3.05, 3.63) is 71.4 Å². The summed E-state index contributed by atoms with van der Waals surface area (Å²) in [5.74, 6) is 0.0654. The summed E-state index contributed by atoms with van der Waals surface area (Å²) in [6.45, 7) is 0. The van der Waals surface area contributed by atoms with E-state index in [1.165, 1.54) is 14.2 Å². The Morgan fingerprint density at radius 1 is 1.00 bits per heavy atom. The summed E-state index contributed by atoms with van der Waals surface area (Å²) in [5.41, 5.74) is 1.57. The number of nitrogens with zero attached hydrogens (tertiary/aromatic N) is 1. The van der Waals surface area contributed by atoms with E-state index >= 15 is 0 Å². The molecule has 3 rings (SSSR count). The Balaban J connectivity index is 2.22. The molecule has 134 valence electrons. The average molecular weight is 357 g/mol. The van der Waals surface area contributed by atoms with E-state index in [2.05, 4.69) is 0 Å². The van der Waals surface area contributed by atoms with Crippen LogP contribution in [0.1, 0.15) is 21.5 Å². The maximum Gasteiger partial charge on any atom is 0.337 e. The summed E-state index contributed by atoms with van der Waals surface area (Å²) >= 11 is 0. The highest BCUT2D eigenvalue weighted by molar-refractivity contribution is 6.01. The van der Waals surface area contributed by atoms with E-state index in [0.29, 0.717) is 27.8 Å². The summed E-state index contributed by atoms with van der Waals surface area (Å²) in [6.07, 6.45) is -0.170. The number of fused-ring (bicyclic) bond motifs is 1. The molecule has 26 heavy (non-hydrogen) atoms. The predicted octanol–water partition coefficient (Wildman–Crippen LogP) is 4.63. The Morgan fingerprint density at radius 2 is 1.65 bits per heavy atom. The Kier molecular flexibility index (Phi) is 4.75. The summed E-state index contributed by atoms with van der Waals surface area (Å²) in [6, 6.07) is 11.3. The molecule has 1 aromatic heterocycles. The van der Waals surface area contributed by atoms with Crippen molar-refractivity contribution in [1.82, 2.24) is 4.57 Å². The number of carbonyl (C=O) groups is 1. The van der Waals surface area contributed by atoms with Gasteiger partial charge in [0.15, 0.2) is 0 Å². The van der Waals surface area contributed by atoms with Gasteiger partial charge in [0.1, 0.15) is 5.75 Å². The zero-order chi connectivity index (χ0) is 18.8. The number of methoxy groups -OCH3 is 2. The first kappa shape index (κ1) is 17.7. The number of esters is 1. The Labute approximate surface area is 149 Å². The monoisotopic (exact) mass is 357 g/mol. The summed E-state index contributed by atoms with van der Waals surface area (Å²) in [4.78, 5) is 11.8. The highest BCUT2D eigenvalue weighted by Crippen LogP contribution is 2.35. The second-order valence-corrected chi connectivity index (χ2v) is 5.74. The molecule has 0 unspecified atom stereocenters. The van der Waals surface area contributed by atoms with Crippen LogP contribution in [-0.2, 0) is 11.8 Å². The summed E-state index contributed by atoms with van der Waals surface area (Å²) in [7, 11) is 4.56. The molecule has 4 nitrogen and oxygen atoms in total. The van der Waals surface area contributed by atoms with Gasteiger partial charge >= 0.3 is 5.97 Å². The van der Waals surface area contributed by atoms with Gasteiger partial charge in [-0.05, 0) is 35.9 Å². The zero-order valence-electron chi connectivity index (χ0n) is 14.5. The van der Waals surface area contributed by atoms with E-state index < -0.39 is 12.0 Å². The predicted molar refractivity (Wildman–Crippen MR) is 95.5 cm³/mol. The first-order chi connectivity index (χ1) is 12.5. The van der Waals surface area contributed by atoms with Crippen LogP contribution in [-0.4, -0.2) is 24.8 Å². The van der Waals surface area contributed by atoms with Crippen molar-refractivity contribution in [2.45, 2.75) is 0 Å². The molecule has 0 amide bonds. The lowest BCUT2D eigenvalue weighted by Gasteiger charge is -2.08. The van der Waals surface area contributed by atoms with E-state index in [1.54, 1.807) is 60.3 Å². The third kappa shape index (κ3) is 3.06. The fourth-order valence-corrected chi connectivity index (χ4v) is 2.96. The number of benzene rings is 2. The highest BCUT2D eigenvalue weighted by atomic mass is 19.3.